The summed E-state index contributed by atoms with van der Waals surface area (Å²) in [5.74, 6) is 0.903. The van der Waals surface area contributed by atoms with Gasteiger partial charge in [0.05, 0.1) is 12.0 Å². The van der Waals surface area contributed by atoms with Gasteiger partial charge in [-0.15, -0.1) is 11.3 Å². The molecule has 0 bridgehead atoms. The maximum atomic E-state index is 12.5. The number of methoxy groups -OCH3 is 1. The average molecular weight is 338 g/mol. The molecule has 1 N–H and O–H groups in total. The molecule has 0 aliphatic carbocycles. The van der Waals surface area contributed by atoms with Crippen LogP contribution in [0.1, 0.15) is 27.7 Å². The highest BCUT2D eigenvalue weighted by Crippen LogP contribution is 2.33. The highest BCUT2D eigenvalue weighted by atomic mass is 32.1. The molecule has 3 rings (SSSR count). The van der Waals surface area contributed by atoms with E-state index in [2.05, 4.69) is 13.0 Å². The lowest BCUT2D eigenvalue weighted by molar-refractivity contribution is 0.104. The number of carbonyl (C=O) groups excluding carboxylic acids is 1. The first-order valence-corrected chi connectivity index (χ1v) is 8.55. The molecule has 1 aromatic heterocycles. The standard InChI is InChI=1S/C20H18O3S/c1-3-13-11-14(7-8-17(13)23-2)18-9-10-19(24-18)20(22)15-5-4-6-16(21)12-15/h4-12,21H,3H2,1-2H3. The first kappa shape index (κ1) is 16.3. The molecule has 4 heteroatoms. The van der Waals surface area contributed by atoms with E-state index in [-0.39, 0.29) is 11.5 Å². The third kappa shape index (κ3) is 3.19. The van der Waals surface area contributed by atoms with E-state index >= 15 is 0 Å². The summed E-state index contributed by atoms with van der Waals surface area (Å²) in [4.78, 5) is 14.2. The lowest BCUT2D eigenvalue weighted by atomic mass is 10.1. The maximum absolute atomic E-state index is 12.5. The van der Waals surface area contributed by atoms with E-state index in [0.29, 0.717) is 10.4 Å². The van der Waals surface area contributed by atoms with Crippen molar-refractivity contribution in [3.8, 4) is 21.9 Å². The highest BCUT2D eigenvalue weighted by molar-refractivity contribution is 7.17. The fourth-order valence-electron chi connectivity index (χ4n) is 2.61. The van der Waals surface area contributed by atoms with Crippen molar-refractivity contribution >= 4 is 17.1 Å². The predicted molar refractivity (Wildman–Crippen MR) is 97.2 cm³/mol. The maximum Gasteiger partial charge on any atom is 0.203 e. The number of aryl methyl sites for hydroxylation is 1. The second kappa shape index (κ2) is 6.89. The zero-order valence-electron chi connectivity index (χ0n) is 13.6. The molecule has 0 aliphatic heterocycles. The van der Waals surface area contributed by atoms with Crippen LogP contribution in [0, 0.1) is 0 Å². The molecular formula is C20H18O3S. The molecule has 0 fully saturated rings. The summed E-state index contributed by atoms with van der Waals surface area (Å²) < 4.78 is 5.37. The Morgan fingerprint density at radius 2 is 1.96 bits per heavy atom. The Kier molecular flexibility index (Phi) is 4.67. The Hall–Kier alpha value is -2.59. The molecule has 0 unspecified atom stereocenters. The quantitative estimate of drug-likeness (QED) is 0.672. The van der Waals surface area contributed by atoms with Gasteiger partial charge in [-0.2, -0.15) is 0 Å². The molecule has 0 atom stereocenters. The number of phenolic OH excluding ortho intramolecular Hbond substituents is 1. The summed E-state index contributed by atoms with van der Waals surface area (Å²) in [7, 11) is 1.67. The van der Waals surface area contributed by atoms with Gasteiger partial charge in [0, 0.05) is 10.4 Å². The summed E-state index contributed by atoms with van der Waals surface area (Å²) in [6, 6.07) is 16.3. The Balaban J connectivity index is 1.92. The monoisotopic (exact) mass is 338 g/mol. The van der Waals surface area contributed by atoms with Gasteiger partial charge in [0.25, 0.3) is 0 Å². The molecule has 0 amide bonds. The lowest BCUT2D eigenvalue weighted by Gasteiger charge is -2.08. The molecular weight excluding hydrogens is 320 g/mol. The van der Waals surface area contributed by atoms with Gasteiger partial charge in [0.2, 0.25) is 5.78 Å². The number of hydrogen-bond donors (Lipinski definition) is 1. The minimum absolute atomic E-state index is 0.0774. The fourth-order valence-corrected chi connectivity index (χ4v) is 3.58. The van der Waals surface area contributed by atoms with E-state index in [9.17, 15) is 9.90 Å². The minimum Gasteiger partial charge on any atom is -0.508 e. The molecule has 24 heavy (non-hydrogen) atoms. The highest BCUT2D eigenvalue weighted by Gasteiger charge is 2.14. The van der Waals surface area contributed by atoms with Gasteiger partial charge in [-0.25, -0.2) is 0 Å². The Bertz CT molecular complexity index is 880. The first-order chi connectivity index (χ1) is 11.6. The van der Waals surface area contributed by atoms with Gasteiger partial charge in [-0.05, 0) is 60.0 Å². The lowest BCUT2D eigenvalue weighted by Crippen LogP contribution is -1.97. The van der Waals surface area contributed by atoms with Crippen molar-refractivity contribution in [1.82, 2.24) is 0 Å². The van der Waals surface area contributed by atoms with Crippen LogP contribution in [0.4, 0.5) is 0 Å². The zero-order chi connectivity index (χ0) is 17.1. The van der Waals surface area contributed by atoms with Crippen LogP contribution >= 0.6 is 11.3 Å². The molecule has 122 valence electrons. The number of carbonyl (C=O) groups is 1. The number of thiophene rings is 1. The number of ketones is 1. The van der Waals surface area contributed by atoms with E-state index in [1.165, 1.54) is 17.4 Å². The van der Waals surface area contributed by atoms with Crippen LogP contribution in [0.5, 0.6) is 11.5 Å². The molecule has 0 radical (unpaired) electrons. The van der Waals surface area contributed by atoms with Crippen LogP contribution in [0.2, 0.25) is 0 Å². The van der Waals surface area contributed by atoms with Gasteiger partial charge in [0.1, 0.15) is 11.5 Å². The van der Waals surface area contributed by atoms with E-state index in [0.717, 1.165) is 28.2 Å². The molecule has 2 aromatic carbocycles. The van der Waals surface area contributed by atoms with Gasteiger partial charge < -0.3 is 9.84 Å². The number of rotatable bonds is 5. The van der Waals surface area contributed by atoms with Crippen LogP contribution in [0.3, 0.4) is 0 Å². The summed E-state index contributed by atoms with van der Waals surface area (Å²) in [5.41, 5.74) is 2.71. The van der Waals surface area contributed by atoms with Crippen molar-refractivity contribution in [2.75, 3.05) is 7.11 Å². The number of phenols is 1. The van der Waals surface area contributed by atoms with Crippen LogP contribution in [0.25, 0.3) is 10.4 Å². The van der Waals surface area contributed by atoms with E-state index in [1.54, 1.807) is 25.3 Å². The average Bonchev–Trinajstić information content (AvgIpc) is 3.10. The molecule has 0 saturated heterocycles. The van der Waals surface area contributed by atoms with Crippen molar-refractivity contribution in [3.63, 3.8) is 0 Å². The zero-order valence-corrected chi connectivity index (χ0v) is 14.4. The minimum atomic E-state index is -0.0774. The largest absolute Gasteiger partial charge is 0.508 e. The van der Waals surface area contributed by atoms with Gasteiger partial charge >= 0.3 is 0 Å². The molecule has 0 spiro atoms. The Morgan fingerprint density at radius 3 is 2.67 bits per heavy atom. The Labute approximate surface area is 145 Å². The van der Waals surface area contributed by atoms with Gasteiger partial charge in [-0.1, -0.05) is 19.1 Å². The first-order valence-electron chi connectivity index (χ1n) is 7.73. The van der Waals surface area contributed by atoms with Crippen molar-refractivity contribution in [1.29, 1.82) is 0 Å². The molecule has 0 aliphatic rings. The summed E-state index contributed by atoms with van der Waals surface area (Å²) in [6.07, 6.45) is 0.886. The molecule has 1 heterocycles. The molecule has 0 saturated carbocycles. The normalized spacial score (nSPS) is 10.6. The van der Waals surface area contributed by atoms with Crippen LogP contribution in [0.15, 0.2) is 54.6 Å². The van der Waals surface area contributed by atoms with Crippen LogP contribution < -0.4 is 4.74 Å². The van der Waals surface area contributed by atoms with Gasteiger partial charge in [-0.3, -0.25) is 4.79 Å². The number of hydrogen-bond acceptors (Lipinski definition) is 4. The van der Waals surface area contributed by atoms with E-state index < -0.39 is 0 Å². The van der Waals surface area contributed by atoms with Crippen LogP contribution in [-0.4, -0.2) is 18.0 Å². The van der Waals surface area contributed by atoms with Crippen molar-refractivity contribution in [2.45, 2.75) is 13.3 Å². The third-order valence-corrected chi connectivity index (χ3v) is 5.02. The summed E-state index contributed by atoms with van der Waals surface area (Å²) >= 11 is 1.46. The van der Waals surface area contributed by atoms with Crippen molar-refractivity contribution < 1.29 is 14.6 Å². The fraction of sp³-hybridized carbons (Fsp3) is 0.150. The second-order valence-corrected chi connectivity index (χ2v) is 6.51. The smallest absolute Gasteiger partial charge is 0.203 e. The van der Waals surface area contributed by atoms with E-state index in [4.69, 9.17) is 4.74 Å². The van der Waals surface area contributed by atoms with E-state index in [1.807, 2.05) is 24.3 Å². The number of ether oxygens (including phenoxy) is 1. The Morgan fingerprint density at radius 1 is 1.12 bits per heavy atom. The summed E-state index contributed by atoms with van der Waals surface area (Å²) in [5, 5.41) is 9.54. The second-order valence-electron chi connectivity index (χ2n) is 5.42. The topological polar surface area (TPSA) is 46.5 Å². The number of benzene rings is 2. The predicted octanol–water partition coefficient (Wildman–Crippen LogP) is 4.92. The van der Waals surface area contributed by atoms with Gasteiger partial charge in [0.15, 0.2) is 0 Å². The van der Waals surface area contributed by atoms with Crippen molar-refractivity contribution in [2.24, 2.45) is 0 Å². The van der Waals surface area contributed by atoms with Crippen molar-refractivity contribution in [3.05, 3.63) is 70.6 Å². The van der Waals surface area contributed by atoms with Crippen LogP contribution in [-0.2, 0) is 6.42 Å². The number of aromatic hydroxyl groups is 1. The summed E-state index contributed by atoms with van der Waals surface area (Å²) in [6.45, 7) is 2.09. The SMILES string of the molecule is CCc1cc(-c2ccc(C(=O)c3cccc(O)c3)s2)ccc1OC. The third-order valence-electron chi connectivity index (χ3n) is 3.88. The molecule has 3 aromatic rings. The molecule has 3 nitrogen and oxygen atoms in total.